The number of ketones is 1. The van der Waals surface area contributed by atoms with Crippen LogP contribution in [0.1, 0.15) is 10.4 Å². The summed E-state index contributed by atoms with van der Waals surface area (Å²) in [6, 6.07) is 2.57. The number of hydrogen-bond donors (Lipinski definition) is 0. The van der Waals surface area contributed by atoms with Crippen LogP contribution in [0.5, 0.6) is 0 Å². The lowest BCUT2D eigenvalue weighted by atomic mass is 10.1. The van der Waals surface area contributed by atoms with E-state index in [2.05, 4.69) is 31.9 Å². The molecule has 0 saturated carbocycles. The van der Waals surface area contributed by atoms with Gasteiger partial charge in [0, 0.05) is 10.0 Å². The molecule has 0 aliphatic rings. The summed E-state index contributed by atoms with van der Waals surface area (Å²) in [5.74, 6) is -0.687. The lowest BCUT2D eigenvalue weighted by molar-refractivity contribution is 0.102. The summed E-state index contributed by atoms with van der Waals surface area (Å²) in [6.45, 7) is 0. The zero-order chi connectivity index (χ0) is 10.0. The van der Waals surface area contributed by atoms with Gasteiger partial charge in [0.2, 0.25) is 0 Å². The highest BCUT2D eigenvalue weighted by molar-refractivity contribution is 9.10. The number of rotatable bonds is 2. The summed E-state index contributed by atoms with van der Waals surface area (Å²) in [5, 5.41) is 0.125. The van der Waals surface area contributed by atoms with Crippen molar-refractivity contribution in [3.63, 3.8) is 0 Å². The van der Waals surface area contributed by atoms with E-state index in [0.29, 0.717) is 10.0 Å². The van der Waals surface area contributed by atoms with Crippen LogP contribution in [0.2, 0.25) is 5.02 Å². The molecule has 1 aromatic carbocycles. The van der Waals surface area contributed by atoms with Gasteiger partial charge >= 0.3 is 0 Å². The first-order valence-corrected chi connectivity index (χ1v) is 5.60. The minimum Gasteiger partial charge on any atom is -0.293 e. The Morgan fingerprint density at radius 2 is 2.15 bits per heavy atom. The van der Waals surface area contributed by atoms with E-state index in [-0.39, 0.29) is 16.1 Å². The number of hydrogen-bond acceptors (Lipinski definition) is 1. The minimum absolute atomic E-state index is 0.0631. The quantitative estimate of drug-likeness (QED) is 0.458. The van der Waals surface area contributed by atoms with Crippen molar-refractivity contribution in [3.05, 3.63) is 33.0 Å². The molecule has 0 spiro atoms. The van der Waals surface area contributed by atoms with Crippen LogP contribution < -0.4 is 0 Å². The number of Topliss-reactive ketones (excluding diaryl/α,β-unsaturated/α-hetero) is 1. The molecule has 0 radical (unpaired) electrons. The largest absolute Gasteiger partial charge is 0.293 e. The van der Waals surface area contributed by atoms with Gasteiger partial charge in [-0.25, -0.2) is 4.39 Å². The first kappa shape index (κ1) is 11.1. The van der Waals surface area contributed by atoms with Crippen molar-refractivity contribution in [2.75, 3.05) is 5.33 Å². The molecule has 0 fully saturated rings. The van der Waals surface area contributed by atoms with Crippen molar-refractivity contribution in [2.24, 2.45) is 0 Å². The van der Waals surface area contributed by atoms with Gasteiger partial charge in [0.05, 0.1) is 10.4 Å². The normalized spacial score (nSPS) is 10.2. The molecule has 0 amide bonds. The molecule has 0 saturated heterocycles. The van der Waals surface area contributed by atoms with Gasteiger partial charge < -0.3 is 0 Å². The number of carbonyl (C=O) groups excluding carboxylic acids is 1. The molecule has 0 heterocycles. The van der Waals surface area contributed by atoms with Crippen LogP contribution in [0.3, 0.4) is 0 Å². The SMILES string of the molecule is O=C(CBr)c1ccc(F)c(Cl)c1Br. The molecule has 1 nitrogen and oxygen atoms in total. The van der Waals surface area contributed by atoms with Crippen LogP contribution in [0.15, 0.2) is 16.6 Å². The Labute approximate surface area is 96.5 Å². The fourth-order valence-electron chi connectivity index (χ4n) is 0.813. The molecule has 13 heavy (non-hydrogen) atoms. The second-order valence-electron chi connectivity index (χ2n) is 2.28. The van der Waals surface area contributed by atoms with E-state index < -0.39 is 5.82 Å². The topological polar surface area (TPSA) is 17.1 Å². The van der Waals surface area contributed by atoms with Crippen LogP contribution in [0.25, 0.3) is 0 Å². The maximum absolute atomic E-state index is 12.8. The Morgan fingerprint density at radius 1 is 1.54 bits per heavy atom. The summed E-state index contributed by atoms with van der Waals surface area (Å²) >= 11 is 11.7. The van der Waals surface area contributed by atoms with Crippen LogP contribution in [0.4, 0.5) is 4.39 Å². The van der Waals surface area contributed by atoms with Crippen molar-refractivity contribution in [3.8, 4) is 0 Å². The maximum Gasteiger partial charge on any atom is 0.174 e. The smallest absolute Gasteiger partial charge is 0.174 e. The molecule has 0 bridgehead atoms. The molecule has 0 aliphatic carbocycles. The van der Waals surface area contributed by atoms with E-state index in [4.69, 9.17) is 11.6 Å². The third kappa shape index (κ3) is 2.30. The third-order valence-electron chi connectivity index (χ3n) is 1.46. The van der Waals surface area contributed by atoms with Gasteiger partial charge in [-0.2, -0.15) is 0 Å². The molecule has 0 N–H and O–H groups in total. The Morgan fingerprint density at radius 3 is 2.69 bits per heavy atom. The molecule has 0 unspecified atom stereocenters. The molecular weight excluding hydrogens is 326 g/mol. The van der Waals surface area contributed by atoms with E-state index in [9.17, 15) is 9.18 Å². The van der Waals surface area contributed by atoms with Crippen LogP contribution in [0, 0.1) is 5.82 Å². The predicted molar refractivity (Wildman–Crippen MR) is 57.2 cm³/mol. The van der Waals surface area contributed by atoms with Gasteiger partial charge in [0.15, 0.2) is 5.78 Å². The van der Waals surface area contributed by atoms with Gasteiger partial charge in [-0.05, 0) is 28.1 Å². The fraction of sp³-hybridized carbons (Fsp3) is 0.125. The number of alkyl halides is 1. The van der Waals surface area contributed by atoms with Gasteiger partial charge in [-0.1, -0.05) is 27.5 Å². The highest BCUT2D eigenvalue weighted by atomic mass is 79.9. The molecule has 0 atom stereocenters. The van der Waals surface area contributed by atoms with Crippen molar-refractivity contribution < 1.29 is 9.18 Å². The molecular formula is C8H4Br2ClFO. The average molecular weight is 330 g/mol. The lowest BCUT2D eigenvalue weighted by Gasteiger charge is -2.03. The number of carbonyl (C=O) groups is 1. The molecule has 1 aromatic rings. The lowest BCUT2D eigenvalue weighted by Crippen LogP contribution is -2.01. The van der Waals surface area contributed by atoms with E-state index in [1.807, 2.05) is 0 Å². The highest BCUT2D eigenvalue weighted by Crippen LogP contribution is 2.29. The Hall–Kier alpha value is 0.0700. The number of halogens is 4. The van der Waals surface area contributed by atoms with Gasteiger partial charge in [-0.15, -0.1) is 0 Å². The molecule has 0 aromatic heterocycles. The maximum atomic E-state index is 12.8. The van der Waals surface area contributed by atoms with Crippen molar-refractivity contribution >= 4 is 49.2 Å². The first-order chi connectivity index (χ1) is 6.07. The minimum atomic E-state index is -0.542. The summed E-state index contributed by atoms with van der Waals surface area (Å²) in [4.78, 5) is 11.2. The molecule has 70 valence electrons. The standard InChI is InChI=1S/C8H4Br2ClFO/c9-3-6(13)4-1-2-5(12)8(11)7(4)10/h1-2H,3H2. The van der Waals surface area contributed by atoms with Crippen LogP contribution >= 0.6 is 43.5 Å². The summed E-state index contributed by atoms with van der Waals surface area (Å²) in [7, 11) is 0. The fourth-order valence-corrected chi connectivity index (χ4v) is 1.82. The van der Waals surface area contributed by atoms with Gasteiger partial charge in [0.1, 0.15) is 5.82 Å². The Bertz CT molecular complexity index is 354. The zero-order valence-corrected chi connectivity index (χ0v) is 10.2. The third-order valence-corrected chi connectivity index (χ3v) is 3.39. The van der Waals surface area contributed by atoms with Crippen molar-refractivity contribution in [1.82, 2.24) is 0 Å². The Kier molecular flexibility index (Phi) is 3.88. The van der Waals surface area contributed by atoms with Crippen molar-refractivity contribution in [1.29, 1.82) is 0 Å². The first-order valence-electron chi connectivity index (χ1n) is 3.30. The average Bonchev–Trinajstić information content (AvgIpc) is 2.13. The second kappa shape index (κ2) is 4.53. The highest BCUT2D eigenvalue weighted by Gasteiger charge is 2.13. The monoisotopic (exact) mass is 328 g/mol. The molecule has 0 aliphatic heterocycles. The van der Waals surface area contributed by atoms with E-state index in [1.165, 1.54) is 12.1 Å². The second-order valence-corrected chi connectivity index (χ2v) is 4.01. The summed E-state index contributed by atoms with van der Waals surface area (Å²) in [6.07, 6.45) is 0. The van der Waals surface area contributed by atoms with Gasteiger partial charge in [0.25, 0.3) is 0 Å². The zero-order valence-electron chi connectivity index (χ0n) is 6.28. The predicted octanol–water partition coefficient (Wildman–Crippen LogP) is 3.82. The van der Waals surface area contributed by atoms with Crippen molar-refractivity contribution in [2.45, 2.75) is 0 Å². The molecule has 1 rings (SSSR count). The summed E-state index contributed by atoms with van der Waals surface area (Å²) in [5.41, 5.74) is 0.378. The van der Waals surface area contributed by atoms with Gasteiger partial charge in [-0.3, -0.25) is 4.79 Å². The Balaban J connectivity index is 3.26. The molecule has 5 heteroatoms. The van der Waals surface area contributed by atoms with E-state index in [1.54, 1.807) is 0 Å². The van der Waals surface area contributed by atoms with E-state index >= 15 is 0 Å². The van der Waals surface area contributed by atoms with Crippen LogP contribution in [-0.4, -0.2) is 11.1 Å². The summed E-state index contributed by atoms with van der Waals surface area (Å²) < 4.78 is 13.1. The number of benzene rings is 1. The van der Waals surface area contributed by atoms with Crippen LogP contribution in [-0.2, 0) is 0 Å². The van der Waals surface area contributed by atoms with E-state index in [0.717, 1.165) is 0 Å².